The van der Waals surface area contributed by atoms with E-state index in [2.05, 4.69) is 0 Å². The molecule has 0 aliphatic heterocycles. The second-order valence-corrected chi connectivity index (χ2v) is 3.01. The topological polar surface area (TPSA) is 26.3 Å². The van der Waals surface area contributed by atoms with Gasteiger partial charge in [0, 0.05) is 0 Å². The third-order valence-corrected chi connectivity index (χ3v) is 1.72. The highest BCUT2D eigenvalue weighted by molar-refractivity contribution is 6.66. The first kappa shape index (κ1) is 10.8. The normalized spacial score (nSPS) is 10.4. The van der Waals surface area contributed by atoms with Crippen molar-refractivity contribution in [2.45, 2.75) is 6.92 Å². The molecule has 0 amide bonds. The average molecular weight is 211 g/mol. The van der Waals surface area contributed by atoms with Gasteiger partial charge < -0.3 is 4.74 Å². The Bertz CT molecular complexity index is 328. The number of carbonyl (C=O) groups excluding carboxylic acids is 1. The van der Waals surface area contributed by atoms with Gasteiger partial charge in [0.1, 0.15) is 5.75 Å². The Hall–Kier alpha value is -1.28. The fraction of sp³-hybridized carbons (Fsp3) is 0.182. The number of rotatable bonds is 4. The Balaban J connectivity index is 2.68. The number of allylic oxidation sites excluding steroid dienone is 1. The third kappa shape index (κ3) is 3.62. The van der Waals surface area contributed by atoms with E-state index in [1.165, 1.54) is 6.08 Å². The zero-order valence-electron chi connectivity index (χ0n) is 7.87. The third-order valence-electron chi connectivity index (χ3n) is 1.60. The SMILES string of the molecule is CCOc1ccc(C=CC(=O)Cl)cc1. The number of carbonyl (C=O) groups is 1. The van der Waals surface area contributed by atoms with Crippen molar-refractivity contribution in [1.29, 1.82) is 0 Å². The van der Waals surface area contributed by atoms with E-state index in [-0.39, 0.29) is 0 Å². The van der Waals surface area contributed by atoms with Crippen molar-refractivity contribution in [3.8, 4) is 5.75 Å². The highest BCUT2D eigenvalue weighted by atomic mass is 35.5. The summed E-state index contributed by atoms with van der Waals surface area (Å²) in [4.78, 5) is 10.4. The molecular weight excluding hydrogens is 200 g/mol. The lowest BCUT2D eigenvalue weighted by Gasteiger charge is -2.01. The lowest BCUT2D eigenvalue weighted by Crippen LogP contribution is -1.90. The molecule has 0 heterocycles. The Morgan fingerprint density at radius 1 is 1.43 bits per heavy atom. The predicted octanol–water partition coefficient (Wildman–Crippen LogP) is 2.86. The first-order chi connectivity index (χ1) is 6.72. The standard InChI is InChI=1S/C11H11ClO2/c1-2-14-10-6-3-9(4-7-10)5-8-11(12)13/h3-8H,2H2,1H3. The lowest BCUT2D eigenvalue weighted by molar-refractivity contribution is -0.107. The molecule has 0 N–H and O–H groups in total. The Morgan fingerprint density at radius 3 is 2.57 bits per heavy atom. The van der Waals surface area contributed by atoms with E-state index in [4.69, 9.17) is 16.3 Å². The number of benzene rings is 1. The molecule has 0 saturated heterocycles. The molecule has 0 saturated carbocycles. The summed E-state index contributed by atoms with van der Waals surface area (Å²) in [5.74, 6) is 0.821. The highest BCUT2D eigenvalue weighted by Gasteiger charge is 1.92. The molecule has 74 valence electrons. The van der Waals surface area contributed by atoms with Crippen molar-refractivity contribution in [3.05, 3.63) is 35.9 Å². The molecule has 0 aromatic heterocycles. The minimum Gasteiger partial charge on any atom is -0.494 e. The first-order valence-electron chi connectivity index (χ1n) is 4.33. The monoisotopic (exact) mass is 210 g/mol. The molecule has 0 unspecified atom stereocenters. The molecule has 1 rings (SSSR count). The van der Waals surface area contributed by atoms with Crippen molar-refractivity contribution in [2.24, 2.45) is 0 Å². The minimum atomic E-state index is -0.473. The Kier molecular flexibility index (Phi) is 4.20. The molecule has 0 radical (unpaired) electrons. The van der Waals surface area contributed by atoms with E-state index < -0.39 is 5.24 Å². The zero-order valence-corrected chi connectivity index (χ0v) is 8.62. The molecule has 0 aliphatic carbocycles. The van der Waals surface area contributed by atoms with E-state index in [0.717, 1.165) is 11.3 Å². The van der Waals surface area contributed by atoms with E-state index in [1.807, 2.05) is 31.2 Å². The van der Waals surface area contributed by atoms with Crippen molar-refractivity contribution >= 4 is 22.9 Å². The first-order valence-corrected chi connectivity index (χ1v) is 4.70. The molecule has 0 spiro atoms. The molecule has 2 nitrogen and oxygen atoms in total. The number of ether oxygens (including phenoxy) is 1. The summed E-state index contributed by atoms with van der Waals surface area (Å²) in [6, 6.07) is 7.42. The number of halogens is 1. The minimum absolute atomic E-state index is 0.473. The van der Waals surface area contributed by atoms with E-state index in [0.29, 0.717) is 6.61 Å². The molecule has 0 bridgehead atoms. The van der Waals surface area contributed by atoms with Crippen LogP contribution in [0.3, 0.4) is 0 Å². The van der Waals surface area contributed by atoms with E-state index in [1.54, 1.807) is 6.08 Å². The molecular formula is C11H11ClO2. The second-order valence-electron chi connectivity index (χ2n) is 2.64. The summed E-state index contributed by atoms with van der Waals surface area (Å²) in [5.41, 5.74) is 0.919. The summed E-state index contributed by atoms with van der Waals surface area (Å²) >= 11 is 5.16. The zero-order chi connectivity index (χ0) is 10.4. The summed E-state index contributed by atoms with van der Waals surface area (Å²) in [5, 5.41) is -0.473. The summed E-state index contributed by atoms with van der Waals surface area (Å²) in [7, 11) is 0. The van der Waals surface area contributed by atoms with Crippen LogP contribution in [-0.4, -0.2) is 11.8 Å². The maximum absolute atomic E-state index is 10.4. The van der Waals surface area contributed by atoms with Gasteiger partial charge in [0.05, 0.1) is 6.61 Å². The van der Waals surface area contributed by atoms with Crippen molar-refractivity contribution in [3.63, 3.8) is 0 Å². The summed E-state index contributed by atoms with van der Waals surface area (Å²) in [6.45, 7) is 2.58. The predicted molar refractivity (Wildman–Crippen MR) is 57.5 cm³/mol. The van der Waals surface area contributed by atoms with Crippen LogP contribution in [0.2, 0.25) is 0 Å². The van der Waals surface area contributed by atoms with Crippen LogP contribution in [0, 0.1) is 0 Å². The lowest BCUT2D eigenvalue weighted by atomic mass is 10.2. The van der Waals surface area contributed by atoms with Crippen LogP contribution in [0.5, 0.6) is 5.75 Å². The Morgan fingerprint density at radius 2 is 2.07 bits per heavy atom. The largest absolute Gasteiger partial charge is 0.494 e. The van der Waals surface area contributed by atoms with Gasteiger partial charge in [-0.1, -0.05) is 18.2 Å². The van der Waals surface area contributed by atoms with Gasteiger partial charge in [-0.25, -0.2) is 0 Å². The maximum Gasteiger partial charge on any atom is 0.245 e. The van der Waals surface area contributed by atoms with Crippen LogP contribution >= 0.6 is 11.6 Å². The number of hydrogen-bond donors (Lipinski definition) is 0. The van der Waals surface area contributed by atoms with Gasteiger partial charge in [0.25, 0.3) is 0 Å². The number of hydrogen-bond acceptors (Lipinski definition) is 2. The van der Waals surface area contributed by atoms with Gasteiger partial charge in [-0.2, -0.15) is 0 Å². The van der Waals surface area contributed by atoms with Gasteiger partial charge in [-0.05, 0) is 42.3 Å². The van der Waals surface area contributed by atoms with Crippen molar-refractivity contribution in [2.75, 3.05) is 6.61 Å². The molecule has 1 aromatic rings. The smallest absolute Gasteiger partial charge is 0.245 e. The molecule has 0 atom stereocenters. The van der Waals surface area contributed by atoms with Crippen LogP contribution < -0.4 is 4.74 Å². The van der Waals surface area contributed by atoms with Crippen LogP contribution in [0.25, 0.3) is 6.08 Å². The van der Waals surface area contributed by atoms with Crippen LogP contribution in [0.15, 0.2) is 30.3 Å². The molecule has 14 heavy (non-hydrogen) atoms. The summed E-state index contributed by atoms with van der Waals surface area (Å²) in [6.07, 6.45) is 2.97. The van der Waals surface area contributed by atoms with E-state index in [9.17, 15) is 4.79 Å². The average Bonchev–Trinajstić information content (AvgIpc) is 2.17. The summed E-state index contributed by atoms with van der Waals surface area (Å²) < 4.78 is 5.27. The van der Waals surface area contributed by atoms with Gasteiger partial charge in [0.2, 0.25) is 5.24 Å². The fourth-order valence-corrected chi connectivity index (χ4v) is 1.07. The fourth-order valence-electron chi connectivity index (χ4n) is 1.00. The van der Waals surface area contributed by atoms with Gasteiger partial charge in [-0.15, -0.1) is 0 Å². The van der Waals surface area contributed by atoms with Crippen LogP contribution in [0.4, 0.5) is 0 Å². The highest BCUT2D eigenvalue weighted by Crippen LogP contribution is 2.12. The van der Waals surface area contributed by atoms with Crippen molar-refractivity contribution in [1.82, 2.24) is 0 Å². The second kappa shape index (κ2) is 5.45. The molecule has 0 fully saturated rings. The molecule has 3 heteroatoms. The van der Waals surface area contributed by atoms with Crippen molar-refractivity contribution < 1.29 is 9.53 Å². The molecule has 0 aliphatic rings. The van der Waals surface area contributed by atoms with Crippen LogP contribution in [-0.2, 0) is 4.79 Å². The van der Waals surface area contributed by atoms with Crippen LogP contribution in [0.1, 0.15) is 12.5 Å². The Labute approximate surface area is 88.1 Å². The maximum atomic E-state index is 10.4. The van der Waals surface area contributed by atoms with Gasteiger partial charge in [0.15, 0.2) is 0 Å². The van der Waals surface area contributed by atoms with Gasteiger partial charge in [-0.3, -0.25) is 4.79 Å². The van der Waals surface area contributed by atoms with Gasteiger partial charge >= 0.3 is 0 Å². The van der Waals surface area contributed by atoms with E-state index >= 15 is 0 Å². The quantitative estimate of drug-likeness (QED) is 0.564. The molecule has 1 aromatic carbocycles.